The van der Waals surface area contributed by atoms with Crippen LogP contribution in [0.5, 0.6) is 0 Å². The first-order valence-corrected chi connectivity index (χ1v) is 6.58. The Hall–Kier alpha value is -1.55. The van der Waals surface area contributed by atoms with Gasteiger partial charge in [0.25, 0.3) is 0 Å². The molecule has 0 spiro atoms. The summed E-state index contributed by atoms with van der Waals surface area (Å²) in [6.07, 6.45) is 8.46. The molecule has 0 aromatic carbocycles. The smallest absolute Gasteiger partial charge is 0.128 e. The van der Waals surface area contributed by atoms with Crippen LogP contribution < -0.4 is 5.73 Å². The molecule has 0 saturated heterocycles. The van der Waals surface area contributed by atoms with Gasteiger partial charge in [0.05, 0.1) is 6.26 Å². The van der Waals surface area contributed by atoms with Gasteiger partial charge in [-0.15, -0.1) is 0 Å². The maximum Gasteiger partial charge on any atom is 0.128 e. The van der Waals surface area contributed by atoms with Gasteiger partial charge in [0, 0.05) is 24.9 Å². The molecule has 2 unspecified atom stereocenters. The van der Waals surface area contributed by atoms with Crippen LogP contribution in [0, 0.1) is 0 Å². The van der Waals surface area contributed by atoms with Crippen LogP contribution >= 0.6 is 0 Å². The minimum atomic E-state index is 0.0287. The van der Waals surface area contributed by atoms with Crippen LogP contribution in [0.3, 0.4) is 0 Å². The molecule has 2 rings (SSSR count). The van der Waals surface area contributed by atoms with Crippen molar-refractivity contribution in [3.05, 3.63) is 42.4 Å². The highest BCUT2D eigenvalue weighted by Gasteiger charge is 2.24. The first-order chi connectivity index (χ1) is 8.77. The first-order valence-electron chi connectivity index (χ1n) is 6.58. The first kappa shape index (κ1) is 12.9. The third-order valence-electron chi connectivity index (χ3n) is 3.23. The second-order valence-electron chi connectivity index (χ2n) is 4.53. The molecular weight excluding hydrogens is 226 g/mol. The molecule has 18 heavy (non-hydrogen) atoms. The van der Waals surface area contributed by atoms with Crippen molar-refractivity contribution in [1.29, 1.82) is 0 Å². The summed E-state index contributed by atoms with van der Waals surface area (Å²) in [5, 5.41) is 0. The lowest BCUT2D eigenvalue weighted by molar-refractivity contribution is 0.365. The number of imidazole rings is 1. The standard InChI is InChI=1S/C14H21N3O/c1-3-6-13-16-8-9-17(13)14(11(15)4-2)12-7-5-10-18-12/h5,7-11,14H,3-4,6,15H2,1-2H3. The van der Waals surface area contributed by atoms with E-state index in [0.29, 0.717) is 0 Å². The summed E-state index contributed by atoms with van der Waals surface area (Å²) in [6, 6.07) is 3.95. The van der Waals surface area contributed by atoms with Crippen LogP contribution in [0.2, 0.25) is 0 Å². The van der Waals surface area contributed by atoms with Crippen LogP contribution in [0.4, 0.5) is 0 Å². The van der Waals surface area contributed by atoms with Gasteiger partial charge in [-0.05, 0) is 25.0 Å². The number of nitrogens with zero attached hydrogens (tertiary/aromatic N) is 2. The largest absolute Gasteiger partial charge is 0.467 e. The van der Waals surface area contributed by atoms with E-state index in [2.05, 4.69) is 23.4 Å². The molecule has 0 aliphatic carbocycles. The Labute approximate surface area is 108 Å². The molecule has 0 amide bonds. The van der Waals surface area contributed by atoms with E-state index in [-0.39, 0.29) is 12.1 Å². The van der Waals surface area contributed by atoms with Crippen molar-refractivity contribution in [2.45, 2.75) is 45.2 Å². The van der Waals surface area contributed by atoms with E-state index < -0.39 is 0 Å². The van der Waals surface area contributed by atoms with E-state index in [9.17, 15) is 0 Å². The van der Waals surface area contributed by atoms with Crippen molar-refractivity contribution in [2.24, 2.45) is 5.73 Å². The molecule has 2 atom stereocenters. The maximum absolute atomic E-state index is 6.26. The molecule has 98 valence electrons. The molecule has 0 aliphatic heterocycles. The second kappa shape index (κ2) is 5.87. The molecule has 2 heterocycles. The van der Waals surface area contributed by atoms with Crippen LogP contribution in [0.15, 0.2) is 35.2 Å². The molecule has 0 radical (unpaired) electrons. The van der Waals surface area contributed by atoms with E-state index in [1.165, 1.54) is 0 Å². The average molecular weight is 247 g/mol. The van der Waals surface area contributed by atoms with E-state index in [1.54, 1.807) is 6.26 Å². The molecule has 2 N–H and O–H groups in total. The lowest BCUT2D eigenvalue weighted by Crippen LogP contribution is -2.33. The fourth-order valence-corrected chi connectivity index (χ4v) is 2.25. The topological polar surface area (TPSA) is 57.0 Å². The summed E-state index contributed by atoms with van der Waals surface area (Å²) in [5.74, 6) is 1.97. The highest BCUT2D eigenvalue weighted by atomic mass is 16.3. The number of rotatable bonds is 6. The lowest BCUT2D eigenvalue weighted by atomic mass is 10.0. The van der Waals surface area contributed by atoms with Gasteiger partial charge >= 0.3 is 0 Å². The third kappa shape index (κ3) is 2.48. The Morgan fingerprint density at radius 3 is 2.89 bits per heavy atom. The quantitative estimate of drug-likeness (QED) is 0.854. The zero-order valence-corrected chi connectivity index (χ0v) is 11.0. The summed E-state index contributed by atoms with van der Waals surface area (Å²) >= 11 is 0. The van der Waals surface area contributed by atoms with Gasteiger partial charge in [-0.25, -0.2) is 4.98 Å². The Morgan fingerprint density at radius 2 is 2.28 bits per heavy atom. The molecule has 2 aromatic heterocycles. The zero-order chi connectivity index (χ0) is 13.0. The zero-order valence-electron chi connectivity index (χ0n) is 11.0. The lowest BCUT2D eigenvalue weighted by Gasteiger charge is -2.24. The van der Waals surface area contributed by atoms with Crippen molar-refractivity contribution in [3.8, 4) is 0 Å². The van der Waals surface area contributed by atoms with Gasteiger partial charge in [-0.3, -0.25) is 0 Å². The van der Waals surface area contributed by atoms with Crippen molar-refractivity contribution < 1.29 is 4.42 Å². The van der Waals surface area contributed by atoms with Crippen molar-refractivity contribution in [1.82, 2.24) is 9.55 Å². The van der Waals surface area contributed by atoms with E-state index in [4.69, 9.17) is 10.2 Å². The second-order valence-corrected chi connectivity index (χ2v) is 4.53. The number of furan rings is 1. The highest BCUT2D eigenvalue weighted by molar-refractivity contribution is 5.12. The van der Waals surface area contributed by atoms with E-state index in [1.807, 2.05) is 24.5 Å². The normalized spacial score (nSPS) is 14.6. The molecule has 4 nitrogen and oxygen atoms in total. The number of aryl methyl sites for hydroxylation is 1. The van der Waals surface area contributed by atoms with Gasteiger partial charge in [-0.2, -0.15) is 0 Å². The van der Waals surface area contributed by atoms with Crippen LogP contribution in [0.1, 0.15) is 44.3 Å². The molecule has 2 aromatic rings. The average Bonchev–Trinajstić information content (AvgIpc) is 3.03. The van der Waals surface area contributed by atoms with Crippen molar-refractivity contribution >= 4 is 0 Å². The fourth-order valence-electron chi connectivity index (χ4n) is 2.25. The predicted octanol–water partition coefficient (Wildman–Crippen LogP) is 2.76. The molecule has 0 fully saturated rings. The van der Waals surface area contributed by atoms with Crippen molar-refractivity contribution in [2.75, 3.05) is 0 Å². The number of hydrogen-bond acceptors (Lipinski definition) is 3. The van der Waals surface area contributed by atoms with Gasteiger partial charge in [0.1, 0.15) is 17.6 Å². The van der Waals surface area contributed by atoms with E-state index >= 15 is 0 Å². The van der Waals surface area contributed by atoms with Gasteiger partial charge in [-0.1, -0.05) is 13.8 Å². The monoisotopic (exact) mass is 247 g/mol. The molecule has 0 saturated carbocycles. The van der Waals surface area contributed by atoms with Gasteiger partial charge in [0.15, 0.2) is 0 Å². The minimum absolute atomic E-state index is 0.0287. The van der Waals surface area contributed by atoms with Gasteiger partial charge in [0.2, 0.25) is 0 Å². The van der Waals surface area contributed by atoms with Crippen LogP contribution in [-0.2, 0) is 6.42 Å². The van der Waals surface area contributed by atoms with Crippen molar-refractivity contribution in [3.63, 3.8) is 0 Å². The summed E-state index contributed by atoms with van der Waals surface area (Å²) in [6.45, 7) is 4.25. The Kier molecular flexibility index (Phi) is 4.20. The minimum Gasteiger partial charge on any atom is -0.467 e. The Balaban J connectivity index is 2.37. The fraction of sp³-hybridized carbons (Fsp3) is 0.500. The molecular formula is C14H21N3O. The molecule has 0 bridgehead atoms. The molecule has 0 aliphatic rings. The number of hydrogen-bond donors (Lipinski definition) is 1. The summed E-state index contributed by atoms with van der Waals surface area (Å²) < 4.78 is 7.70. The molecule has 4 heteroatoms. The highest BCUT2D eigenvalue weighted by Crippen LogP contribution is 2.25. The number of nitrogens with two attached hydrogens (primary N) is 1. The van der Waals surface area contributed by atoms with Crippen LogP contribution in [-0.4, -0.2) is 15.6 Å². The number of aromatic nitrogens is 2. The third-order valence-corrected chi connectivity index (χ3v) is 3.23. The van der Waals surface area contributed by atoms with Crippen LogP contribution in [0.25, 0.3) is 0 Å². The summed E-state index contributed by atoms with van der Waals surface area (Å²) in [7, 11) is 0. The predicted molar refractivity (Wildman–Crippen MR) is 71.3 cm³/mol. The van der Waals surface area contributed by atoms with Gasteiger partial charge < -0.3 is 14.7 Å². The van der Waals surface area contributed by atoms with E-state index in [0.717, 1.165) is 30.8 Å². The summed E-state index contributed by atoms with van der Waals surface area (Å²) in [4.78, 5) is 4.42. The Bertz CT molecular complexity index is 461. The maximum atomic E-state index is 6.26. The SMILES string of the molecule is CCCc1nccn1C(c1ccco1)C(N)CC. The summed E-state index contributed by atoms with van der Waals surface area (Å²) in [5.41, 5.74) is 6.26. The Morgan fingerprint density at radius 1 is 1.44 bits per heavy atom.